The van der Waals surface area contributed by atoms with Crippen LogP contribution in [-0.4, -0.2) is 24.3 Å². The van der Waals surface area contributed by atoms with Crippen molar-refractivity contribution >= 4 is 10.8 Å². The standard InChI is InChI=1S/C36H29NO3/c1-39-27-19-17-25(18-20-27)33(30-15-9-10-16-32(30)38)36-29-22-21-28(40-2)23-31(29)34(24-11-5-3-6-12-24)35(37-36)26-13-7-4-8-14-26/h3-23,33,38H,1-2H3. The van der Waals surface area contributed by atoms with Crippen molar-refractivity contribution < 1.29 is 14.6 Å². The van der Waals surface area contributed by atoms with E-state index in [1.54, 1.807) is 20.3 Å². The van der Waals surface area contributed by atoms with Gasteiger partial charge in [-0.25, -0.2) is 0 Å². The van der Waals surface area contributed by atoms with Gasteiger partial charge in [-0.2, -0.15) is 0 Å². The molecular formula is C36H29NO3. The summed E-state index contributed by atoms with van der Waals surface area (Å²) in [5.41, 5.74) is 6.62. The third kappa shape index (κ3) is 4.65. The Labute approximate surface area is 234 Å². The first-order valence-corrected chi connectivity index (χ1v) is 13.2. The average Bonchev–Trinajstić information content (AvgIpc) is 3.02. The Morgan fingerprint density at radius 1 is 0.600 bits per heavy atom. The maximum atomic E-state index is 11.1. The lowest BCUT2D eigenvalue weighted by Crippen LogP contribution is -2.09. The van der Waals surface area contributed by atoms with E-state index in [0.717, 1.165) is 61.5 Å². The van der Waals surface area contributed by atoms with Gasteiger partial charge in [-0.1, -0.05) is 91.0 Å². The number of para-hydroxylation sites is 1. The zero-order valence-corrected chi connectivity index (χ0v) is 22.4. The summed E-state index contributed by atoms with van der Waals surface area (Å²) in [4.78, 5) is 5.46. The smallest absolute Gasteiger partial charge is 0.119 e. The quantitative estimate of drug-likeness (QED) is 0.228. The molecule has 6 aromatic rings. The van der Waals surface area contributed by atoms with Crippen molar-refractivity contribution in [3.05, 3.63) is 144 Å². The molecule has 0 radical (unpaired) electrons. The van der Waals surface area contributed by atoms with Crippen LogP contribution in [-0.2, 0) is 0 Å². The second-order valence-electron chi connectivity index (χ2n) is 9.63. The van der Waals surface area contributed by atoms with Crippen LogP contribution in [0.25, 0.3) is 33.2 Å². The second kappa shape index (κ2) is 11.0. The van der Waals surface area contributed by atoms with Gasteiger partial charge >= 0.3 is 0 Å². The predicted molar refractivity (Wildman–Crippen MR) is 161 cm³/mol. The first-order chi connectivity index (χ1) is 19.7. The number of aromatic hydroxyl groups is 1. The molecule has 5 aromatic carbocycles. The monoisotopic (exact) mass is 523 g/mol. The molecule has 40 heavy (non-hydrogen) atoms. The lowest BCUT2D eigenvalue weighted by Gasteiger charge is -2.24. The van der Waals surface area contributed by atoms with Gasteiger partial charge in [0.2, 0.25) is 0 Å². The van der Waals surface area contributed by atoms with Crippen molar-refractivity contribution in [1.82, 2.24) is 4.98 Å². The fourth-order valence-corrected chi connectivity index (χ4v) is 5.38. The van der Waals surface area contributed by atoms with Crippen LogP contribution in [0.5, 0.6) is 17.2 Å². The van der Waals surface area contributed by atoms with Crippen LogP contribution >= 0.6 is 0 Å². The van der Waals surface area contributed by atoms with Gasteiger partial charge < -0.3 is 14.6 Å². The van der Waals surface area contributed by atoms with Gasteiger partial charge in [-0.05, 0) is 52.9 Å². The third-order valence-electron chi connectivity index (χ3n) is 7.32. The number of aromatic nitrogens is 1. The summed E-state index contributed by atoms with van der Waals surface area (Å²) in [5.74, 6) is 1.42. The van der Waals surface area contributed by atoms with E-state index in [0.29, 0.717) is 0 Å². The van der Waals surface area contributed by atoms with Gasteiger partial charge in [-0.15, -0.1) is 0 Å². The van der Waals surface area contributed by atoms with E-state index in [2.05, 4.69) is 36.4 Å². The zero-order chi connectivity index (χ0) is 27.5. The van der Waals surface area contributed by atoms with Gasteiger partial charge in [0.25, 0.3) is 0 Å². The highest BCUT2D eigenvalue weighted by atomic mass is 16.5. The number of hydrogen-bond acceptors (Lipinski definition) is 4. The molecule has 6 rings (SSSR count). The molecule has 0 aliphatic carbocycles. The Balaban J connectivity index is 1.75. The highest BCUT2D eigenvalue weighted by Crippen LogP contribution is 2.45. The van der Waals surface area contributed by atoms with Crippen molar-refractivity contribution in [3.63, 3.8) is 0 Å². The molecule has 1 heterocycles. The molecule has 4 heteroatoms. The number of benzene rings is 5. The van der Waals surface area contributed by atoms with Crippen LogP contribution in [0, 0.1) is 0 Å². The Bertz CT molecular complexity index is 1760. The predicted octanol–water partition coefficient (Wildman–Crippen LogP) is 8.47. The number of pyridine rings is 1. The average molecular weight is 524 g/mol. The van der Waals surface area contributed by atoms with Crippen LogP contribution < -0.4 is 9.47 Å². The van der Waals surface area contributed by atoms with E-state index < -0.39 is 0 Å². The molecule has 0 saturated carbocycles. The fourth-order valence-electron chi connectivity index (χ4n) is 5.38. The van der Waals surface area contributed by atoms with E-state index in [1.807, 2.05) is 84.9 Å². The third-order valence-corrected chi connectivity index (χ3v) is 7.32. The summed E-state index contributed by atoms with van der Waals surface area (Å²) in [5, 5.41) is 13.1. The number of hydrogen-bond donors (Lipinski definition) is 1. The van der Waals surface area contributed by atoms with E-state index in [-0.39, 0.29) is 11.7 Å². The van der Waals surface area contributed by atoms with Crippen LogP contribution in [0.3, 0.4) is 0 Å². The molecule has 4 nitrogen and oxygen atoms in total. The summed E-state index contributed by atoms with van der Waals surface area (Å²) in [6.45, 7) is 0. The van der Waals surface area contributed by atoms with Gasteiger partial charge in [0.05, 0.1) is 31.5 Å². The number of phenolic OH excluding ortho intramolecular Hbond substituents is 1. The molecule has 196 valence electrons. The molecule has 0 saturated heterocycles. The van der Waals surface area contributed by atoms with Crippen LogP contribution in [0.15, 0.2) is 127 Å². The van der Waals surface area contributed by atoms with Crippen LogP contribution in [0.2, 0.25) is 0 Å². The highest BCUT2D eigenvalue weighted by Gasteiger charge is 2.27. The summed E-state index contributed by atoms with van der Waals surface area (Å²) in [7, 11) is 3.35. The molecule has 1 aromatic heterocycles. The number of phenols is 1. The van der Waals surface area contributed by atoms with Crippen LogP contribution in [0.1, 0.15) is 22.7 Å². The first-order valence-electron chi connectivity index (χ1n) is 13.2. The van der Waals surface area contributed by atoms with Crippen molar-refractivity contribution in [1.29, 1.82) is 0 Å². The Morgan fingerprint density at radius 2 is 1.20 bits per heavy atom. The topological polar surface area (TPSA) is 51.6 Å². The number of nitrogens with zero attached hydrogens (tertiary/aromatic N) is 1. The summed E-state index contributed by atoms with van der Waals surface area (Å²) in [6, 6.07) is 42.2. The number of rotatable bonds is 7. The molecular weight excluding hydrogens is 494 g/mol. The Kier molecular flexibility index (Phi) is 6.90. The Hall–Kier alpha value is -5.09. The highest BCUT2D eigenvalue weighted by molar-refractivity contribution is 6.04. The van der Waals surface area contributed by atoms with Crippen molar-refractivity contribution in [3.8, 4) is 39.6 Å². The fraction of sp³-hybridized carbons (Fsp3) is 0.0833. The van der Waals surface area contributed by atoms with Gasteiger partial charge in [-0.3, -0.25) is 4.98 Å². The molecule has 1 atom stereocenters. The van der Waals surface area contributed by atoms with Gasteiger partial charge in [0.1, 0.15) is 17.2 Å². The molecule has 0 bridgehead atoms. The summed E-state index contributed by atoms with van der Waals surface area (Å²) in [6.07, 6.45) is 0. The summed E-state index contributed by atoms with van der Waals surface area (Å²) < 4.78 is 11.1. The van der Waals surface area contributed by atoms with Crippen molar-refractivity contribution in [2.75, 3.05) is 14.2 Å². The normalized spacial score (nSPS) is 11.8. The lowest BCUT2D eigenvalue weighted by molar-refractivity contribution is 0.414. The van der Waals surface area contributed by atoms with Gasteiger partial charge in [0.15, 0.2) is 0 Å². The molecule has 0 fully saturated rings. The molecule has 0 amide bonds. The molecule has 1 N–H and O–H groups in total. The first kappa shape index (κ1) is 25.2. The minimum atomic E-state index is -0.338. The molecule has 1 unspecified atom stereocenters. The van der Waals surface area contributed by atoms with E-state index in [4.69, 9.17) is 14.5 Å². The largest absolute Gasteiger partial charge is 0.508 e. The van der Waals surface area contributed by atoms with E-state index in [9.17, 15) is 5.11 Å². The second-order valence-corrected chi connectivity index (χ2v) is 9.63. The van der Waals surface area contributed by atoms with Crippen LogP contribution in [0.4, 0.5) is 0 Å². The summed E-state index contributed by atoms with van der Waals surface area (Å²) >= 11 is 0. The Morgan fingerprint density at radius 3 is 1.85 bits per heavy atom. The lowest BCUT2D eigenvalue weighted by atomic mass is 9.83. The minimum Gasteiger partial charge on any atom is -0.508 e. The zero-order valence-electron chi connectivity index (χ0n) is 22.4. The van der Waals surface area contributed by atoms with Crippen molar-refractivity contribution in [2.24, 2.45) is 0 Å². The number of methoxy groups -OCH3 is 2. The SMILES string of the molecule is COc1ccc(C(c2ccccc2O)c2nc(-c3ccccc3)c(-c3ccccc3)c3cc(OC)ccc23)cc1. The van der Waals surface area contributed by atoms with E-state index >= 15 is 0 Å². The minimum absolute atomic E-state index is 0.222. The van der Waals surface area contributed by atoms with Crippen molar-refractivity contribution in [2.45, 2.75) is 5.92 Å². The number of fused-ring (bicyclic) bond motifs is 1. The molecule has 0 aliphatic rings. The van der Waals surface area contributed by atoms with E-state index in [1.165, 1.54) is 0 Å². The number of ether oxygens (including phenoxy) is 2. The maximum absolute atomic E-state index is 11.1. The van der Waals surface area contributed by atoms with Gasteiger partial charge in [0, 0.05) is 22.1 Å². The molecule has 0 spiro atoms. The molecule has 0 aliphatic heterocycles. The maximum Gasteiger partial charge on any atom is 0.119 e.